The standard InChI is InChI=1S/C13H17F3N4O4S.C6H5ClN2O4S/c14-13(15,16)8-19(9-3-5-18-6-4-9)11-2-1-10(25(17,23)24)7-12(11)20(21)22;7-5-2-1-4(14(8,12)13)3-6(5)9(10)11/h1-2,7,9,18H,3-6,8H2,(H2,17,23,24);1-3H,(H2,8,12,13). The molecule has 1 fully saturated rings. The Bertz CT molecular complexity index is 1450. The second-order valence-electron chi connectivity index (χ2n) is 8.09. The van der Waals surface area contributed by atoms with E-state index in [1.165, 1.54) is 0 Å². The number of alkyl halides is 3. The van der Waals surface area contributed by atoms with Gasteiger partial charge >= 0.3 is 6.18 Å². The van der Waals surface area contributed by atoms with Crippen LogP contribution in [-0.2, 0) is 20.0 Å². The molecule has 14 nitrogen and oxygen atoms in total. The van der Waals surface area contributed by atoms with Crippen LogP contribution in [0.4, 0.5) is 30.2 Å². The van der Waals surface area contributed by atoms with E-state index in [0.717, 1.165) is 35.2 Å². The van der Waals surface area contributed by atoms with E-state index in [4.69, 9.17) is 21.9 Å². The molecule has 1 saturated heterocycles. The van der Waals surface area contributed by atoms with Crippen LogP contribution in [0.25, 0.3) is 0 Å². The number of nitrogens with zero attached hydrogens (tertiary/aromatic N) is 3. The van der Waals surface area contributed by atoms with Crippen LogP contribution in [0, 0.1) is 20.2 Å². The summed E-state index contributed by atoms with van der Waals surface area (Å²) in [6.45, 7) is -0.391. The van der Waals surface area contributed by atoms with Crippen molar-refractivity contribution in [1.82, 2.24) is 5.32 Å². The molecule has 216 valence electrons. The summed E-state index contributed by atoms with van der Waals surface area (Å²) in [7, 11) is -8.16. The number of halogens is 4. The number of primary sulfonamides is 2. The first-order valence-electron chi connectivity index (χ1n) is 10.6. The first-order chi connectivity index (χ1) is 17.8. The molecule has 0 saturated carbocycles. The van der Waals surface area contributed by atoms with Crippen LogP contribution in [0.1, 0.15) is 12.8 Å². The average molecular weight is 619 g/mol. The largest absolute Gasteiger partial charge is 0.405 e. The maximum atomic E-state index is 13.0. The van der Waals surface area contributed by atoms with E-state index in [1.54, 1.807) is 0 Å². The molecule has 0 unspecified atom stereocenters. The highest BCUT2D eigenvalue weighted by Crippen LogP contribution is 2.35. The third kappa shape index (κ3) is 9.25. The number of nitrogens with two attached hydrogens (primary N) is 2. The molecule has 0 radical (unpaired) electrons. The van der Waals surface area contributed by atoms with Crippen LogP contribution >= 0.6 is 11.6 Å². The third-order valence-electron chi connectivity index (χ3n) is 5.32. The lowest BCUT2D eigenvalue weighted by Gasteiger charge is -2.36. The van der Waals surface area contributed by atoms with Crippen molar-refractivity contribution in [2.45, 2.75) is 34.9 Å². The minimum atomic E-state index is -4.57. The predicted octanol–water partition coefficient (Wildman–Crippen LogP) is 2.26. The van der Waals surface area contributed by atoms with Gasteiger partial charge in [0, 0.05) is 18.2 Å². The van der Waals surface area contributed by atoms with Gasteiger partial charge in [0.25, 0.3) is 11.4 Å². The molecule has 1 heterocycles. The Balaban J connectivity index is 0.000000322. The molecule has 20 heteroatoms. The zero-order chi connectivity index (χ0) is 29.8. The lowest BCUT2D eigenvalue weighted by molar-refractivity contribution is -0.385. The van der Waals surface area contributed by atoms with E-state index < -0.39 is 64.9 Å². The molecule has 3 rings (SSSR count). The Morgan fingerprint density at radius 2 is 1.38 bits per heavy atom. The highest BCUT2D eigenvalue weighted by molar-refractivity contribution is 7.89. The molecular formula is C19H22ClF3N6O8S2. The van der Waals surface area contributed by atoms with E-state index in [9.17, 15) is 50.2 Å². The van der Waals surface area contributed by atoms with Gasteiger partial charge in [-0.25, -0.2) is 27.1 Å². The zero-order valence-electron chi connectivity index (χ0n) is 19.7. The van der Waals surface area contributed by atoms with E-state index in [2.05, 4.69) is 5.32 Å². The number of nitro groups is 2. The molecule has 0 amide bonds. The third-order valence-corrected chi connectivity index (χ3v) is 7.47. The van der Waals surface area contributed by atoms with E-state index in [1.807, 2.05) is 0 Å². The van der Waals surface area contributed by atoms with E-state index in [-0.39, 0.29) is 15.6 Å². The van der Waals surface area contributed by atoms with E-state index >= 15 is 0 Å². The molecule has 1 aliphatic rings. The van der Waals surface area contributed by atoms with Gasteiger partial charge in [-0.3, -0.25) is 20.2 Å². The summed E-state index contributed by atoms with van der Waals surface area (Å²) in [5.74, 6) is 0. The van der Waals surface area contributed by atoms with Gasteiger partial charge in [0.1, 0.15) is 17.3 Å². The van der Waals surface area contributed by atoms with Crippen molar-refractivity contribution in [1.29, 1.82) is 0 Å². The normalized spacial score (nSPS) is 14.7. The number of rotatable bonds is 7. The van der Waals surface area contributed by atoms with Gasteiger partial charge < -0.3 is 10.2 Å². The first kappa shape index (κ1) is 32.1. The van der Waals surface area contributed by atoms with Crippen molar-refractivity contribution >= 4 is 48.7 Å². The van der Waals surface area contributed by atoms with Crippen LogP contribution in [0.5, 0.6) is 0 Å². The Morgan fingerprint density at radius 1 is 0.923 bits per heavy atom. The summed E-state index contributed by atoms with van der Waals surface area (Å²) >= 11 is 5.46. The Kier molecular flexibility index (Phi) is 10.2. The fourth-order valence-corrected chi connectivity index (χ4v) is 4.85. The van der Waals surface area contributed by atoms with Crippen LogP contribution in [0.2, 0.25) is 5.02 Å². The summed E-state index contributed by atoms with van der Waals surface area (Å²) in [6.07, 6.45) is -3.81. The SMILES string of the molecule is NS(=O)(=O)c1ccc(Cl)c([N+](=O)[O-])c1.NS(=O)(=O)c1ccc(N(CC(F)(F)F)C2CCNCC2)c([N+](=O)[O-])c1. The molecular weight excluding hydrogens is 597 g/mol. The number of hydrogen-bond donors (Lipinski definition) is 3. The van der Waals surface area contributed by atoms with Gasteiger partial charge in [-0.2, -0.15) is 13.2 Å². The predicted molar refractivity (Wildman–Crippen MR) is 133 cm³/mol. The van der Waals surface area contributed by atoms with Gasteiger partial charge in [0.05, 0.1) is 19.6 Å². The molecule has 0 aliphatic carbocycles. The minimum absolute atomic E-state index is 0.137. The molecule has 0 aromatic heterocycles. The number of nitro benzene ring substituents is 2. The lowest BCUT2D eigenvalue weighted by atomic mass is 10.0. The molecule has 2 aromatic rings. The second kappa shape index (κ2) is 12.4. The molecule has 1 aliphatic heterocycles. The summed E-state index contributed by atoms with van der Waals surface area (Å²) in [5.41, 5.74) is -1.49. The van der Waals surface area contributed by atoms with Gasteiger partial charge in [-0.05, 0) is 50.2 Å². The molecule has 0 spiro atoms. The first-order valence-corrected chi connectivity index (χ1v) is 14.1. The fourth-order valence-electron chi connectivity index (χ4n) is 3.60. The van der Waals surface area contributed by atoms with E-state index in [0.29, 0.717) is 32.0 Å². The van der Waals surface area contributed by atoms with Crippen molar-refractivity contribution in [3.63, 3.8) is 0 Å². The number of hydrogen-bond acceptors (Lipinski definition) is 10. The number of benzene rings is 2. The maximum Gasteiger partial charge on any atom is 0.405 e. The zero-order valence-corrected chi connectivity index (χ0v) is 22.1. The van der Waals surface area contributed by atoms with Crippen molar-refractivity contribution in [2.75, 3.05) is 24.5 Å². The molecule has 0 bridgehead atoms. The number of piperidine rings is 1. The van der Waals surface area contributed by atoms with Crippen molar-refractivity contribution < 1.29 is 39.9 Å². The summed E-state index contributed by atoms with van der Waals surface area (Å²) in [5, 5.41) is 34.3. The quantitative estimate of drug-likeness (QED) is 0.303. The Morgan fingerprint density at radius 3 is 1.82 bits per heavy atom. The highest BCUT2D eigenvalue weighted by atomic mass is 35.5. The molecule has 5 N–H and O–H groups in total. The summed E-state index contributed by atoms with van der Waals surface area (Å²) in [6, 6.07) is 5.15. The lowest BCUT2D eigenvalue weighted by Crippen LogP contribution is -2.47. The minimum Gasteiger partial charge on any atom is -0.354 e. The highest BCUT2D eigenvalue weighted by Gasteiger charge is 2.37. The van der Waals surface area contributed by atoms with Crippen LogP contribution < -0.4 is 20.5 Å². The maximum absolute atomic E-state index is 13.0. The number of sulfonamides is 2. The van der Waals surface area contributed by atoms with Gasteiger partial charge in [0.2, 0.25) is 20.0 Å². The topological polar surface area (TPSA) is 222 Å². The van der Waals surface area contributed by atoms with Crippen molar-refractivity contribution in [3.05, 3.63) is 61.6 Å². The fraction of sp³-hybridized carbons (Fsp3) is 0.368. The monoisotopic (exact) mass is 618 g/mol. The Hall–Kier alpha value is -3.10. The molecule has 39 heavy (non-hydrogen) atoms. The molecule has 0 atom stereocenters. The van der Waals surface area contributed by atoms with Gasteiger partial charge in [0.15, 0.2) is 0 Å². The van der Waals surface area contributed by atoms with Crippen molar-refractivity contribution in [3.8, 4) is 0 Å². The van der Waals surface area contributed by atoms with Crippen LogP contribution in [-0.4, -0.2) is 58.5 Å². The average Bonchev–Trinajstić information content (AvgIpc) is 2.81. The number of anilines is 1. The number of nitrogens with one attached hydrogen (secondary N) is 1. The Labute approximate surface area is 225 Å². The molecule has 2 aromatic carbocycles. The van der Waals surface area contributed by atoms with Crippen LogP contribution in [0.3, 0.4) is 0 Å². The second-order valence-corrected chi connectivity index (χ2v) is 11.6. The van der Waals surface area contributed by atoms with Crippen molar-refractivity contribution in [2.24, 2.45) is 10.3 Å². The summed E-state index contributed by atoms with van der Waals surface area (Å²) in [4.78, 5) is 20.1. The van der Waals surface area contributed by atoms with Crippen LogP contribution in [0.15, 0.2) is 46.2 Å². The van der Waals surface area contributed by atoms with Gasteiger partial charge in [-0.1, -0.05) is 11.6 Å². The smallest absolute Gasteiger partial charge is 0.354 e. The summed E-state index contributed by atoms with van der Waals surface area (Å²) < 4.78 is 83.4. The van der Waals surface area contributed by atoms with Gasteiger partial charge in [-0.15, -0.1) is 0 Å².